The number of hydrogen-bond acceptors (Lipinski definition) is 11. The van der Waals surface area contributed by atoms with E-state index in [-0.39, 0.29) is 31.2 Å². The number of carbonyl (C=O) groups is 4. The molecule has 1 aromatic carbocycles. The molecule has 6 rings (SSSR count). The topological polar surface area (TPSA) is 192 Å². The van der Waals surface area contributed by atoms with Gasteiger partial charge in [0.15, 0.2) is 0 Å². The Hall–Kier alpha value is -4.81. The van der Waals surface area contributed by atoms with Crippen LogP contribution in [0.15, 0.2) is 36.5 Å². The van der Waals surface area contributed by atoms with Crippen molar-refractivity contribution in [2.45, 2.75) is 133 Å². The van der Waals surface area contributed by atoms with E-state index in [0.717, 1.165) is 0 Å². The lowest BCUT2D eigenvalue weighted by Gasteiger charge is -2.35. The number of benzene rings is 1. The number of aromatic nitrogens is 1. The summed E-state index contributed by atoms with van der Waals surface area (Å²) in [6, 6.07) is 2.40. The van der Waals surface area contributed by atoms with Crippen LogP contribution in [0, 0.1) is 17.8 Å². The van der Waals surface area contributed by atoms with E-state index in [0.29, 0.717) is 81.3 Å². The standard InChI is InChI=1S/C42H56F3N5O10S/c1-8-25-18-24(3)12-10-11-13-26-21-41(26,37(53)49-61(55,56)40(6)16-17-40)48-34(51)31-20-28(23-50(31)36(52)33(25)47-38(54)60-39(4,5)42(43,44)45)59-35-29-15-14-27(57-7)19-30(29)32(22-46-35)58-9-2/h11,13-15,19,22,24-26,28,31,33H,8-10,12,16-18,20-21,23H2,1-7H3,(H,47,54)(H,48,51)(H,49,53)/b13-11-/t24-,25-,26-,28-,31+,33+,41-/m1/s1. The van der Waals surface area contributed by atoms with Gasteiger partial charge in [0, 0.05) is 23.1 Å². The maximum absolute atomic E-state index is 15.0. The maximum atomic E-state index is 15.0. The highest BCUT2D eigenvalue weighted by Gasteiger charge is 2.63. The van der Waals surface area contributed by atoms with Crippen molar-refractivity contribution < 1.29 is 59.7 Å². The Morgan fingerprint density at radius 2 is 1.82 bits per heavy atom. The van der Waals surface area contributed by atoms with Crippen LogP contribution in [-0.4, -0.2) is 103 Å². The fourth-order valence-electron chi connectivity index (χ4n) is 8.08. The minimum Gasteiger partial charge on any atom is -0.497 e. The quantitative estimate of drug-likeness (QED) is 0.235. The van der Waals surface area contributed by atoms with Crippen molar-refractivity contribution in [2.75, 3.05) is 20.3 Å². The van der Waals surface area contributed by atoms with Crippen LogP contribution in [0.2, 0.25) is 0 Å². The summed E-state index contributed by atoms with van der Waals surface area (Å²) in [5.41, 5.74) is -4.55. The summed E-state index contributed by atoms with van der Waals surface area (Å²) in [6.45, 7) is 8.62. The number of nitrogens with zero attached hydrogens (tertiary/aromatic N) is 2. The zero-order chi connectivity index (χ0) is 44.7. The Bertz CT molecular complexity index is 2160. The number of nitrogens with one attached hydrogen (secondary N) is 3. The van der Waals surface area contributed by atoms with Gasteiger partial charge in [0.05, 0.1) is 31.2 Å². The van der Waals surface area contributed by atoms with Gasteiger partial charge >= 0.3 is 12.3 Å². The van der Waals surface area contributed by atoms with Crippen LogP contribution in [0.3, 0.4) is 0 Å². The molecule has 4 aliphatic rings. The molecule has 3 heterocycles. The summed E-state index contributed by atoms with van der Waals surface area (Å²) in [5, 5.41) is 6.40. The fraction of sp³-hybridized carbons (Fsp3) is 0.643. The van der Waals surface area contributed by atoms with Crippen molar-refractivity contribution in [1.29, 1.82) is 0 Å². The second-order valence-corrected chi connectivity index (χ2v) is 19.6. The van der Waals surface area contributed by atoms with Crippen LogP contribution in [0.1, 0.15) is 92.9 Å². The monoisotopic (exact) mass is 879 g/mol. The lowest BCUT2D eigenvalue weighted by molar-refractivity contribution is -0.244. The van der Waals surface area contributed by atoms with Gasteiger partial charge in [-0.15, -0.1) is 0 Å². The summed E-state index contributed by atoms with van der Waals surface area (Å²) in [4.78, 5) is 62.6. The van der Waals surface area contributed by atoms with E-state index in [9.17, 15) is 40.8 Å². The SMILES string of the molecule is CCOc1cnc(O[C@@H]2C[C@H]3C(=O)N[C@]4(C(=O)NS(=O)(=O)C5(C)CC5)C[C@H]4/C=C\CC[C@@H](C)C[C@@H](CC)[C@H](NC(=O)OC(C)(C)C(F)(F)F)C(=O)N3C2)c2ccc(OC)cc12. The number of sulfonamides is 1. The molecule has 336 valence electrons. The third kappa shape index (κ3) is 9.50. The highest BCUT2D eigenvalue weighted by atomic mass is 32.2. The van der Waals surface area contributed by atoms with Crippen molar-refractivity contribution >= 4 is 44.6 Å². The molecule has 0 bridgehead atoms. The van der Waals surface area contributed by atoms with Crippen LogP contribution in [-0.2, 0) is 29.1 Å². The van der Waals surface area contributed by atoms with Gasteiger partial charge in [0.25, 0.3) is 5.91 Å². The second kappa shape index (κ2) is 17.2. The Morgan fingerprint density at radius 3 is 2.46 bits per heavy atom. The Balaban J connectivity index is 1.38. The summed E-state index contributed by atoms with van der Waals surface area (Å²) >= 11 is 0. The number of methoxy groups -OCH3 is 1. The molecule has 2 aliphatic heterocycles. The molecule has 3 N–H and O–H groups in total. The molecule has 2 saturated carbocycles. The number of alkyl halides is 3. The molecule has 19 heteroatoms. The molecule has 61 heavy (non-hydrogen) atoms. The minimum absolute atomic E-state index is 0.0426. The maximum Gasteiger partial charge on any atom is 0.427 e. The van der Waals surface area contributed by atoms with Gasteiger partial charge in [-0.05, 0) is 96.3 Å². The average molecular weight is 880 g/mol. The molecule has 0 radical (unpaired) electrons. The van der Waals surface area contributed by atoms with Crippen LogP contribution >= 0.6 is 0 Å². The smallest absolute Gasteiger partial charge is 0.427 e. The van der Waals surface area contributed by atoms with Gasteiger partial charge < -0.3 is 34.5 Å². The number of amides is 4. The van der Waals surface area contributed by atoms with Crippen molar-refractivity contribution in [3.63, 3.8) is 0 Å². The van der Waals surface area contributed by atoms with E-state index in [1.54, 1.807) is 31.2 Å². The summed E-state index contributed by atoms with van der Waals surface area (Å²) < 4.78 is 91.6. The molecule has 1 saturated heterocycles. The molecule has 0 spiro atoms. The average Bonchev–Trinajstić information content (AvgIpc) is 4.07. The van der Waals surface area contributed by atoms with E-state index in [2.05, 4.69) is 20.3 Å². The van der Waals surface area contributed by atoms with Gasteiger partial charge in [-0.1, -0.05) is 32.4 Å². The lowest BCUT2D eigenvalue weighted by Crippen LogP contribution is -2.60. The van der Waals surface area contributed by atoms with Crippen LogP contribution in [0.5, 0.6) is 17.4 Å². The van der Waals surface area contributed by atoms with E-state index < -0.39 is 85.9 Å². The van der Waals surface area contributed by atoms with Crippen molar-refractivity contribution in [3.8, 4) is 17.4 Å². The third-order valence-electron chi connectivity index (χ3n) is 12.5. The molecule has 2 aliphatic carbocycles. The number of ether oxygens (including phenoxy) is 4. The molecule has 3 fully saturated rings. The van der Waals surface area contributed by atoms with Gasteiger partial charge in [-0.25, -0.2) is 18.2 Å². The van der Waals surface area contributed by atoms with E-state index in [1.807, 2.05) is 19.9 Å². The number of rotatable bonds is 11. The first-order chi connectivity index (χ1) is 28.6. The molecule has 7 atom stereocenters. The summed E-state index contributed by atoms with van der Waals surface area (Å²) in [6.07, 6.45) is 0.412. The number of allylic oxidation sites excluding steroid dienone is 1. The number of alkyl carbamates (subject to hydrolysis) is 1. The number of pyridine rings is 1. The molecular weight excluding hydrogens is 824 g/mol. The third-order valence-corrected chi connectivity index (χ3v) is 14.7. The van der Waals surface area contributed by atoms with Crippen molar-refractivity contribution in [1.82, 2.24) is 25.2 Å². The minimum atomic E-state index is -4.92. The normalized spacial score (nSPS) is 28.5. The fourth-order valence-corrected chi connectivity index (χ4v) is 9.39. The lowest BCUT2D eigenvalue weighted by atomic mass is 9.85. The van der Waals surface area contributed by atoms with Crippen LogP contribution < -0.4 is 29.6 Å². The van der Waals surface area contributed by atoms with E-state index >= 15 is 0 Å². The van der Waals surface area contributed by atoms with Gasteiger partial charge in [0.2, 0.25) is 33.3 Å². The first-order valence-electron chi connectivity index (χ1n) is 20.8. The summed E-state index contributed by atoms with van der Waals surface area (Å²) in [7, 11) is -2.57. The second-order valence-electron chi connectivity index (χ2n) is 17.4. The highest BCUT2D eigenvalue weighted by molar-refractivity contribution is 7.91. The van der Waals surface area contributed by atoms with Crippen LogP contribution in [0.25, 0.3) is 10.8 Å². The molecule has 1 aromatic heterocycles. The number of hydrogen-bond donors (Lipinski definition) is 3. The molecule has 2 aromatic rings. The van der Waals surface area contributed by atoms with Crippen molar-refractivity contribution in [3.05, 3.63) is 36.5 Å². The number of fused-ring (bicyclic) bond motifs is 3. The van der Waals surface area contributed by atoms with Gasteiger partial charge in [0.1, 0.15) is 35.2 Å². The Kier molecular flexibility index (Phi) is 12.9. The predicted octanol–water partition coefficient (Wildman–Crippen LogP) is 5.70. The zero-order valence-corrected chi connectivity index (χ0v) is 36.3. The van der Waals surface area contributed by atoms with Gasteiger partial charge in [-0.2, -0.15) is 13.2 Å². The number of halogens is 3. The first kappa shape index (κ1) is 45.7. The largest absolute Gasteiger partial charge is 0.497 e. The summed E-state index contributed by atoms with van der Waals surface area (Å²) in [5.74, 6) is -2.51. The highest BCUT2D eigenvalue weighted by Crippen LogP contribution is 2.48. The molecule has 0 unspecified atom stereocenters. The first-order valence-corrected chi connectivity index (χ1v) is 22.2. The predicted molar refractivity (Wildman–Crippen MR) is 217 cm³/mol. The zero-order valence-electron chi connectivity index (χ0n) is 35.5. The van der Waals surface area contributed by atoms with E-state index in [1.165, 1.54) is 25.1 Å². The Morgan fingerprint density at radius 1 is 1.10 bits per heavy atom. The molecule has 4 amide bonds. The van der Waals surface area contributed by atoms with E-state index in [4.69, 9.17) is 18.9 Å². The van der Waals surface area contributed by atoms with Crippen molar-refractivity contribution in [2.24, 2.45) is 17.8 Å². The molecule has 15 nitrogen and oxygen atoms in total. The van der Waals surface area contributed by atoms with Crippen LogP contribution in [0.4, 0.5) is 18.0 Å². The number of carbonyl (C=O) groups excluding carboxylic acids is 4. The Labute approximate surface area is 353 Å². The molecular formula is C42H56F3N5O10S. The van der Waals surface area contributed by atoms with Gasteiger partial charge in [-0.3, -0.25) is 19.1 Å².